The molecule has 1 heterocycles. The minimum absolute atomic E-state index is 0.0165. The van der Waals surface area contributed by atoms with Crippen molar-refractivity contribution in [2.45, 2.75) is 45.2 Å². The van der Waals surface area contributed by atoms with Gasteiger partial charge in [0.2, 0.25) is 0 Å². The Morgan fingerprint density at radius 3 is 2.35 bits per heavy atom. The van der Waals surface area contributed by atoms with Crippen LogP contribution >= 0.6 is 0 Å². The zero-order valence-electron chi connectivity index (χ0n) is 24.2. The SMILES string of the molecule is COCCCOc1cc(C(=O)N(C[C@@H]2CNC[C@H]2CN(C(=O)Nc2ccccc2)C2CC2)C(C)C)ccc1OC. The number of hydrogen-bond donors (Lipinski definition) is 2. The van der Waals surface area contributed by atoms with Crippen LogP contribution in [0, 0.1) is 11.8 Å². The van der Waals surface area contributed by atoms with E-state index in [4.69, 9.17) is 14.2 Å². The van der Waals surface area contributed by atoms with Gasteiger partial charge in [-0.25, -0.2) is 4.79 Å². The maximum Gasteiger partial charge on any atom is 0.322 e. The second-order valence-corrected chi connectivity index (χ2v) is 11.0. The molecule has 0 aromatic heterocycles. The molecule has 2 atom stereocenters. The zero-order valence-corrected chi connectivity index (χ0v) is 24.2. The van der Waals surface area contributed by atoms with Crippen LogP contribution in [0.25, 0.3) is 0 Å². The fourth-order valence-corrected chi connectivity index (χ4v) is 5.22. The highest BCUT2D eigenvalue weighted by molar-refractivity contribution is 5.95. The first-order valence-electron chi connectivity index (χ1n) is 14.3. The van der Waals surface area contributed by atoms with Crippen molar-refractivity contribution in [2.24, 2.45) is 11.8 Å². The van der Waals surface area contributed by atoms with Crippen molar-refractivity contribution >= 4 is 17.6 Å². The van der Waals surface area contributed by atoms with Gasteiger partial charge in [-0.15, -0.1) is 0 Å². The van der Waals surface area contributed by atoms with Crippen LogP contribution in [0.3, 0.4) is 0 Å². The summed E-state index contributed by atoms with van der Waals surface area (Å²) in [4.78, 5) is 30.9. The van der Waals surface area contributed by atoms with Gasteiger partial charge in [-0.1, -0.05) is 18.2 Å². The van der Waals surface area contributed by atoms with Crippen molar-refractivity contribution in [3.05, 3.63) is 54.1 Å². The van der Waals surface area contributed by atoms with E-state index in [0.29, 0.717) is 43.4 Å². The third-order valence-electron chi connectivity index (χ3n) is 7.66. The molecular formula is C31H44N4O5. The van der Waals surface area contributed by atoms with Crippen molar-refractivity contribution in [1.29, 1.82) is 0 Å². The Bertz CT molecular complexity index is 1110. The van der Waals surface area contributed by atoms with Crippen LogP contribution < -0.4 is 20.1 Å². The summed E-state index contributed by atoms with van der Waals surface area (Å²) in [5, 5.41) is 6.57. The van der Waals surface area contributed by atoms with Crippen LogP contribution in [0.1, 0.15) is 43.5 Å². The van der Waals surface area contributed by atoms with Crippen molar-refractivity contribution in [1.82, 2.24) is 15.1 Å². The van der Waals surface area contributed by atoms with Crippen LogP contribution in [0.4, 0.5) is 10.5 Å². The lowest BCUT2D eigenvalue weighted by molar-refractivity contribution is 0.0653. The van der Waals surface area contributed by atoms with Gasteiger partial charge in [-0.2, -0.15) is 0 Å². The van der Waals surface area contributed by atoms with E-state index < -0.39 is 0 Å². The van der Waals surface area contributed by atoms with Gasteiger partial charge in [0, 0.05) is 69.7 Å². The first-order chi connectivity index (χ1) is 19.4. The van der Waals surface area contributed by atoms with Crippen LogP contribution in [-0.2, 0) is 4.74 Å². The van der Waals surface area contributed by atoms with Crippen molar-refractivity contribution in [3.63, 3.8) is 0 Å². The molecule has 1 aliphatic heterocycles. The largest absolute Gasteiger partial charge is 0.493 e. The highest BCUT2D eigenvalue weighted by Gasteiger charge is 2.38. The topological polar surface area (TPSA) is 92.4 Å². The van der Waals surface area contributed by atoms with Gasteiger partial charge in [-0.3, -0.25) is 4.79 Å². The molecule has 2 aliphatic rings. The summed E-state index contributed by atoms with van der Waals surface area (Å²) < 4.78 is 16.5. The van der Waals surface area contributed by atoms with Gasteiger partial charge in [-0.05, 0) is 68.9 Å². The summed E-state index contributed by atoms with van der Waals surface area (Å²) in [6.07, 6.45) is 2.82. The van der Waals surface area contributed by atoms with Crippen LogP contribution in [0.15, 0.2) is 48.5 Å². The molecule has 4 rings (SSSR count). The van der Waals surface area contributed by atoms with E-state index in [1.807, 2.05) is 54.0 Å². The van der Waals surface area contributed by atoms with E-state index in [2.05, 4.69) is 10.6 Å². The minimum Gasteiger partial charge on any atom is -0.493 e. The smallest absolute Gasteiger partial charge is 0.322 e. The number of urea groups is 1. The Labute approximate surface area is 238 Å². The third kappa shape index (κ3) is 7.88. The van der Waals surface area contributed by atoms with E-state index in [1.165, 1.54) is 0 Å². The number of nitrogens with one attached hydrogen (secondary N) is 2. The fourth-order valence-electron chi connectivity index (χ4n) is 5.22. The quantitative estimate of drug-likeness (QED) is 0.336. The van der Waals surface area contributed by atoms with E-state index in [0.717, 1.165) is 38.0 Å². The molecule has 2 fully saturated rings. The highest BCUT2D eigenvalue weighted by Crippen LogP contribution is 2.32. The Morgan fingerprint density at radius 1 is 0.975 bits per heavy atom. The van der Waals surface area contributed by atoms with Crippen molar-refractivity contribution < 1.29 is 23.8 Å². The molecule has 0 radical (unpaired) electrons. The standard InChI is InChI=1S/C31H44N4O5/c1-22(2)34(30(36)23-11-14-28(39-4)29(17-23)40-16-8-15-38-3)20-24-18-32-19-25(24)21-35(27-12-13-27)31(37)33-26-9-6-5-7-10-26/h5-7,9-11,14,17,22,24-25,27,32H,8,12-13,15-16,18-21H2,1-4H3,(H,33,37)/t24-,25-/m0/s1. The maximum atomic E-state index is 13.8. The summed E-state index contributed by atoms with van der Waals surface area (Å²) in [6, 6.07) is 15.2. The molecular weight excluding hydrogens is 508 g/mol. The molecule has 2 aromatic rings. The normalized spacial score (nSPS) is 18.4. The number of nitrogens with zero attached hydrogens (tertiary/aromatic N) is 2. The van der Waals surface area contributed by atoms with Gasteiger partial charge in [0.25, 0.3) is 5.91 Å². The lowest BCUT2D eigenvalue weighted by Crippen LogP contribution is -2.45. The van der Waals surface area contributed by atoms with Gasteiger partial charge >= 0.3 is 6.03 Å². The van der Waals surface area contributed by atoms with Crippen molar-refractivity contribution in [2.75, 3.05) is 58.9 Å². The van der Waals surface area contributed by atoms with E-state index >= 15 is 0 Å². The Balaban J connectivity index is 1.43. The van der Waals surface area contributed by atoms with Crippen LogP contribution in [0.2, 0.25) is 0 Å². The number of ether oxygens (including phenoxy) is 3. The fraction of sp³-hybridized carbons (Fsp3) is 0.548. The average Bonchev–Trinajstić information content (AvgIpc) is 3.71. The molecule has 9 nitrogen and oxygen atoms in total. The van der Waals surface area contributed by atoms with Gasteiger partial charge in [0.1, 0.15) is 0 Å². The van der Waals surface area contributed by atoms with Crippen LogP contribution in [-0.4, -0.2) is 87.4 Å². The number of carbonyl (C=O) groups excluding carboxylic acids is 2. The van der Waals surface area contributed by atoms with Gasteiger partial charge < -0.3 is 34.6 Å². The summed E-state index contributed by atoms with van der Waals surface area (Å²) in [7, 11) is 3.26. The molecule has 2 N–H and O–H groups in total. The maximum absolute atomic E-state index is 13.8. The predicted octanol–water partition coefficient (Wildman–Crippen LogP) is 4.49. The summed E-state index contributed by atoms with van der Waals surface area (Å²) in [5.74, 6) is 1.61. The lowest BCUT2D eigenvalue weighted by atomic mass is 9.94. The van der Waals surface area contributed by atoms with Gasteiger partial charge in [0.15, 0.2) is 11.5 Å². The number of para-hydroxylation sites is 1. The average molecular weight is 553 g/mol. The number of hydrogen-bond acceptors (Lipinski definition) is 6. The molecule has 9 heteroatoms. The molecule has 218 valence electrons. The molecule has 3 amide bonds. The summed E-state index contributed by atoms with van der Waals surface area (Å²) in [5.41, 5.74) is 1.37. The molecule has 40 heavy (non-hydrogen) atoms. The second kappa shape index (κ2) is 14.4. The molecule has 1 saturated carbocycles. The number of anilines is 1. The number of amides is 3. The number of benzene rings is 2. The molecule has 2 aromatic carbocycles. The lowest BCUT2D eigenvalue weighted by Gasteiger charge is -2.33. The predicted molar refractivity (Wildman–Crippen MR) is 156 cm³/mol. The van der Waals surface area contributed by atoms with Gasteiger partial charge in [0.05, 0.1) is 13.7 Å². The van der Waals surface area contributed by atoms with E-state index in [1.54, 1.807) is 32.4 Å². The van der Waals surface area contributed by atoms with E-state index in [-0.39, 0.29) is 35.9 Å². The zero-order chi connectivity index (χ0) is 28.5. The monoisotopic (exact) mass is 552 g/mol. The first kappa shape index (κ1) is 29.7. The first-order valence-corrected chi connectivity index (χ1v) is 14.3. The van der Waals surface area contributed by atoms with E-state index in [9.17, 15) is 9.59 Å². The Morgan fingerprint density at radius 2 is 1.70 bits per heavy atom. The number of carbonyl (C=O) groups is 2. The molecule has 1 aliphatic carbocycles. The second-order valence-electron chi connectivity index (χ2n) is 11.0. The molecule has 0 spiro atoms. The Hall–Kier alpha value is -3.30. The highest BCUT2D eigenvalue weighted by atomic mass is 16.5. The summed E-state index contributed by atoms with van der Waals surface area (Å²) >= 11 is 0. The van der Waals surface area contributed by atoms with Crippen molar-refractivity contribution in [3.8, 4) is 11.5 Å². The number of rotatable bonds is 14. The molecule has 0 unspecified atom stereocenters. The molecule has 0 bridgehead atoms. The Kier molecular flexibility index (Phi) is 10.7. The minimum atomic E-state index is -0.0487. The van der Waals surface area contributed by atoms with Crippen LogP contribution in [0.5, 0.6) is 11.5 Å². The third-order valence-corrected chi connectivity index (χ3v) is 7.66. The molecule has 1 saturated heterocycles. The summed E-state index contributed by atoms with van der Waals surface area (Å²) in [6.45, 7) is 8.10. The number of methoxy groups -OCH3 is 2.